The van der Waals surface area contributed by atoms with Crippen LogP contribution in [0.1, 0.15) is 31.4 Å². The summed E-state index contributed by atoms with van der Waals surface area (Å²) < 4.78 is 0. The van der Waals surface area contributed by atoms with E-state index in [1.165, 1.54) is 11.1 Å². The number of nitrogens with zero attached hydrogens (tertiary/aromatic N) is 3. The van der Waals surface area contributed by atoms with Crippen LogP contribution in [0.4, 0.5) is 5.82 Å². The molecule has 140 valence electrons. The quantitative estimate of drug-likeness (QED) is 0.790. The summed E-state index contributed by atoms with van der Waals surface area (Å²) in [7, 11) is 0. The van der Waals surface area contributed by atoms with Crippen molar-refractivity contribution >= 4 is 5.82 Å². The maximum Gasteiger partial charge on any atom is 0.128 e. The van der Waals surface area contributed by atoms with Crippen LogP contribution in [0.5, 0.6) is 0 Å². The summed E-state index contributed by atoms with van der Waals surface area (Å²) in [6.07, 6.45) is 4.23. The summed E-state index contributed by atoms with van der Waals surface area (Å²) in [4.78, 5) is 9.50. The van der Waals surface area contributed by atoms with E-state index in [4.69, 9.17) is 0 Å². The van der Waals surface area contributed by atoms with Crippen LogP contribution in [-0.4, -0.2) is 48.6 Å². The monoisotopic (exact) mass is 352 g/mol. The van der Waals surface area contributed by atoms with Gasteiger partial charge in [-0.1, -0.05) is 37.3 Å². The summed E-state index contributed by atoms with van der Waals surface area (Å²) >= 11 is 0. The molecule has 26 heavy (non-hydrogen) atoms. The first-order valence-electron chi connectivity index (χ1n) is 9.94. The SMILES string of the molecule is CCN1CCN(c2cc(CN[C@H](C)CCc3ccccc3)ccn2)CC1. The molecule has 0 aliphatic carbocycles. The molecule has 1 aliphatic rings. The van der Waals surface area contributed by atoms with Gasteiger partial charge in [-0.2, -0.15) is 0 Å². The molecule has 1 aromatic heterocycles. The fraction of sp³-hybridized carbons (Fsp3) is 0.500. The topological polar surface area (TPSA) is 31.4 Å². The summed E-state index contributed by atoms with van der Waals surface area (Å²) in [5.74, 6) is 1.12. The van der Waals surface area contributed by atoms with Gasteiger partial charge in [-0.05, 0) is 49.6 Å². The Hall–Kier alpha value is -1.91. The Morgan fingerprint density at radius 2 is 1.81 bits per heavy atom. The number of piperazine rings is 1. The van der Waals surface area contributed by atoms with Crippen molar-refractivity contribution in [2.45, 2.75) is 39.3 Å². The zero-order chi connectivity index (χ0) is 18.2. The van der Waals surface area contributed by atoms with Crippen molar-refractivity contribution < 1.29 is 0 Å². The van der Waals surface area contributed by atoms with E-state index in [1.807, 2.05) is 6.20 Å². The van der Waals surface area contributed by atoms with Gasteiger partial charge in [0.2, 0.25) is 0 Å². The van der Waals surface area contributed by atoms with Crippen LogP contribution in [0.2, 0.25) is 0 Å². The van der Waals surface area contributed by atoms with Crippen molar-refractivity contribution in [1.82, 2.24) is 15.2 Å². The number of pyridine rings is 1. The summed E-state index contributed by atoms with van der Waals surface area (Å²) in [5, 5.41) is 3.66. The van der Waals surface area contributed by atoms with Crippen molar-refractivity contribution in [1.29, 1.82) is 0 Å². The van der Waals surface area contributed by atoms with Crippen molar-refractivity contribution in [2.75, 3.05) is 37.6 Å². The van der Waals surface area contributed by atoms with Gasteiger partial charge in [0.05, 0.1) is 0 Å². The van der Waals surface area contributed by atoms with E-state index in [-0.39, 0.29) is 0 Å². The Labute approximate surface area is 158 Å². The van der Waals surface area contributed by atoms with E-state index in [9.17, 15) is 0 Å². The average Bonchev–Trinajstić information content (AvgIpc) is 2.72. The number of anilines is 1. The average molecular weight is 353 g/mol. The molecule has 0 spiro atoms. The van der Waals surface area contributed by atoms with Crippen LogP contribution in [0.15, 0.2) is 48.7 Å². The highest BCUT2D eigenvalue weighted by Gasteiger charge is 2.16. The van der Waals surface area contributed by atoms with Gasteiger partial charge in [0, 0.05) is 45.0 Å². The third-order valence-electron chi connectivity index (χ3n) is 5.32. The number of rotatable bonds is 8. The number of likely N-dealkylation sites (N-methyl/N-ethyl adjacent to an activating group) is 1. The zero-order valence-corrected chi connectivity index (χ0v) is 16.2. The van der Waals surface area contributed by atoms with Crippen molar-refractivity contribution in [3.63, 3.8) is 0 Å². The van der Waals surface area contributed by atoms with Crippen molar-refractivity contribution in [3.8, 4) is 0 Å². The van der Waals surface area contributed by atoms with Gasteiger partial charge >= 0.3 is 0 Å². The molecule has 0 amide bonds. The molecule has 0 saturated carbocycles. The Morgan fingerprint density at radius 1 is 1.04 bits per heavy atom. The van der Waals surface area contributed by atoms with E-state index < -0.39 is 0 Å². The van der Waals surface area contributed by atoms with Gasteiger partial charge in [-0.3, -0.25) is 0 Å². The Balaban J connectivity index is 1.46. The molecular formula is C22H32N4. The highest BCUT2D eigenvalue weighted by atomic mass is 15.3. The molecular weight excluding hydrogens is 320 g/mol. The van der Waals surface area contributed by atoms with Gasteiger partial charge in [-0.25, -0.2) is 4.98 Å². The maximum absolute atomic E-state index is 4.60. The first-order chi connectivity index (χ1) is 12.7. The molecule has 2 heterocycles. The zero-order valence-electron chi connectivity index (χ0n) is 16.2. The lowest BCUT2D eigenvalue weighted by atomic mass is 10.1. The minimum absolute atomic E-state index is 0.500. The van der Waals surface area contributed by atoms with Gasteiger partial charge in [0.25, 0.3) is 0 Å². The van der Waals surface area contributed by atoms with E-state index in [1.54, 1.807) is 0 Å². The van der Waals surface area contributed by atoms with Crippen LogP contribution in [0, 0.1) is 0 Å². The van der Waals surface area contributed by atoms with E-state index >= 15 is 0 Å². The molecule has 1 N–H and O–H groups in total. The van der Waals surface area contributed by atoms with E-state index in [0.717, 1.165) is 57.9 Å². The molecule has 3 rings (SSSR count). The second-order valence-electron chi connectivity index (χ2n) is 7.25. The summed E-state index contributed by atoms with van der Waals surface area (Å²) in [6.45, 7) is 11.0. The summed E-state index contributed by atoms with van der Waals surface area (Å²) in [6, 6.07) is 15.6. The number of aryl methyl sites for hydroxylation is 1. The van der Waals surface area contributed by atoms with Gasteiger partial charge in [0.15, 0.2) is 0 Å². The van der Waals surface area contributed by atoms with Gasteiger partial charge < -0.3 is 15.1 Å². The lowest BCUT2D eigenvalue weighted by Crippen LogP contribution is -2.46. The molecule has 4 heteroatoms. The normalized spacial score (nSPS) is 16.6. The second kappa shape index (κ2) is 9.70. The Bertz CT molecular complexity index is 650. The number of aromatic nitrogens is 1. The fourth-order valence-electron chi connectivity index (χ4n) is 3.46. The highest BCUT2D eigenvalue weighted by Crippen LogP contribution is 2.15. The molecule has 1 saturated heterocycles. The first kappa shape index (κ1) is 18.9. The number of hydrogen-bond acceptors (Lipinski definition) is 4. The number of nitrogens with one attached hydrogen (secondary N) is 1. The fourth-order valence-corrected chi connectivity index (χ4v) is 3.46. The second-order valence-corrected chi connectivity index (χ2v) is 7.25. The van der Waals surface area contributed by atoms with Crippen LogP contribution in [0.3, 0.4) is 0 Å². The van der Waals surface area contributed by atoms with Crippen LogP contribution in [0.25, 0.3) is 0 Å². The minimum atomic E-state index is 0.500. The van der Waals surface area contributed by atoms with Gasteiger partial charge in [-0.15, -0.1) is 0 Å². The third kappa shape index (κ3) is 5.55. The lowest BCUT2D eigenvalue weighted by Gasteiger charge is -2.34. The van der Waals surface area contributed by atoms with E-state index in [0.29, 0.717) is 6.04 Å². The minimum Gasteiger partial charge on any atom is -0.354 e. The Kier molecular flexibility index (Phi) is 7.04. The van der Waals surface area contributed by atoms with Crippen LogP contribution >= 0.6 is 0 Å². The summed E-state index contributed by atoms with van der Waals surface area (Å²) in [5.41, 5.74) is 2.73. The molecule has 1 aliphatic heterocycles. The Morgan fingerprint density at radius 3 is 2.54 bits per heavy atom. The largest absolute Gasteiger partial charge is 0.354 e. The van der Waals surface area contributed by atoms with Crippen molar-refractivity contribution in [3.05, 3.63) is 59.8 Å². The molecule has 1 atom stereocenters. The third-order valence-corrected chi connectivity index (χ3v) is 5.32. The molecule has 4 nitrogen and oxygen atoms in total. The number of hydrogen-bond donors (Lipinski definition) is 1. The smallest absolute Gasteiger partial charge is 0.128 e. The lowest BCUT2D eigenvalue weighted by molar-refractivity contribution is 0.270. The van der Waals surface area contributed by atoms with Crippen LogP contribution in [-0.2, 0) is 13.0 Å². The molecule has 0 bridgehead atoms. The molecule has 1 fully saturated rings. The molecule has 0 unspecified atom stereocenters. The molecule has 0 radical (unpaired) electrons. The predicted molar refractivity (Wildman–Crippen MR) is 110 cm³/mol. The van der Waals surface area contributed by atoms with Crippen molar-refractivity contribution in [2.24, 2.45) is 0 Å². The number of benzene rings is 1. The van der Waals surface area contributed by atoms with Crippen LogP contribution < -0.4 is 10.2 Å². The standard InChI is InChI=1S/C22H32N4/c1-3-25-13-15-26(16-14-25)22-17-21(11-12-23-22)18-24-19(2)9-10-20-7-5-4-6-8-20/h4-8,11-12,17,19,24H,3,9-10,13-16,18H2,1-2H3/t19-/m1/s1. The van der Waals surface area contributed by atoms with Gasteiger partial charge in [0.1, 0.15) is 5.82 Å². The van der Waals surface area contributed by atoms with E-state index in [2.05, 4.69) is 76.4 Å². The molecule has 2 aromatic rings. The highest BCUT2D eigenvalue weighted by molar-refractivity contribution is 5.41. The predicted octanol–water partition coefficient (Wildman–Crippen LogP) is 3.33. The first-order valence-corrected chi connectivity index (χ1v) is 9.94. The molecule has 1 aromatic carbocycles. The maximum atomic E-state index is 4.60.